The highest BCUT2D eigenvalue weighted by atomic mass is 16.5. The number of carbonyl (C=O) groups is 1. The van der Waals surface area contributed by atoms with Gasteiger partial charge in [-0.25, -0.2) is 0 Å². The van der Waals surface area contributed by atoms with Crippen molar-refractivity contribution in [1.29, 1.82) is 0 Å². The first-order valence-electron chi connectivity index (χ1n) is 9.01. The summed E-state index contributed by atoms with van der Waals surface area (Å²) in [6.45, 7) is 4.95. The molecule has 1 aliphatic heterocycles. The maximum absolute atomic E-state index is 12.3. The summed E-state index contributed by atoms with van der Waals surface area (Å²) in [5.74, 6) is 0.822. The van der Waals surface area contributed by atoms with Crippen molar-refractivity contribution >= 4 is 5.91 Å². The van der Waals surface area contributed by atoms with Crippen LogP contribution in [0.15, 0.2) is 48.5 Å². The molecular weight excluding hydrogens is 328 g/mol. The molecular formula is C21H26N2O3. The van der Waals surface area contributed by atoms with Gasteiger partial charge in [0.2, 0.25) is 5.91 Å². The van der Waals surface area contributed by atoms with E-state index in [1.807, 2.05) is 30.3 Å². The third-order valence-corrected chi connectivity index (χ3v) is 4.62. The standard InChI is InChI=1S/C21H26N2O3/c1-25-20-8-6-17(7-9-20)14-21(24)22-15-18-4-2-3-5-19(18)16-23-10-12-26-13-11-23/h2-9H,10-16H2,1H3,(H,22,24). The molecule has 0 saturated carbocycles. The van der Waals surface area contributed by atoms with Gasteiger partial charge < -0.3 is 14.8 Å². The second-order valence-electron chi connectivity index (χ2n) is 6.46. The van der Waals surface area contributed by atoms with Gasteiger partial charge in [-0.2, -0.15) is 0 Å². The Hall–Kier alpha value is -2.37. The number of nitrogens with one attached hydrogen (secondary N) is 1. The highest BCUT2D eigenvalue weighted by Gasteiger charge is 2.13. The summed E-state index contributed by atoms with van der Waals surface area (Å²) in [6.07, 6.45) is 0.371. The van der Waals surface area contributed by atoms with Crippen molar-refractivity contribution in [1.82, 2.24) is 10.2 Å². The molecule has 2 aromatic carbocycles. The Morgan fingerprint density at radius 3 is 2.46 bits per heavy atom. The van der Waals surface area contributed by atoms with Gasteiger partial charge >= 0.3 is 0 Å². The largest absolute Gasteiger partial charge is 0.497 e. The van der Waals surface area contributed by atoms with Crippen LogP contribution < -0.4 is 10.1 Å². The van der Waals surface area contributed by atoms with E-state index in [0.29, 0.717) is 13.0 Å². The molecule has 138 valence electrons. The molecule has 2 aromatic rings. The van der Waals surface area contributed by atoms with Crippen LogP contribution in [0.4, 0.5) is 0 Å². The van der Waals surface area contributed by atoms with Crippen molar-refractivity contribution in [2.24, 2.45) is 0 Å². The van der Waals surface area contributed by atoms with Crippen molar-refractivity contribution in [3.63, 3.8) is 0 Å². The lowest BCUT2D eigenvalue weighted by atomic mass is 10.1. The smallest absolute Gasteiger partial charge is 0.224 e. The summed E-state index contributed by atoms with van der Waals surface area (Å²) in [5.41, 5.74) is 3.41. The van der Waals surface area contributed by atoms with E-state index < -0.39 is 0 Å². The molecule has 0 bridgehead atoms. The number of amides is 1. The van der Waals surface area contributed by atoms with Crippen LogP contribution in [0.3, 0.4) is 0 Å². The van der Waals surface area contributed by atoms with Gasteiger partial charge in [-0.3, -0.25) is 9.69 Å². The zero-order valence-corrected chi connectivity index (χ0v) is 15.2. The molecule has 1 heterocycles. The Morgan fingerprint density at radius 1 is 1.08 bits per heavy atom. The van der Waals surface area contributed by atoms with Crippen LogP contribution in [0.1, 0.15) is 16.7 Å². The number of ether oxygens (including phenoxy) is 2. The summed E-state index contributed by atoms with van der Waals surface area (Å²) >= 11 is 0. The van der Waals surface area contributed by atoms with E-state index in [4.69, 9.17) is 9.47 Å². The predicted molar refractivity (Wildman–Crippen MR) is 101 cm³/mol. The molecule has 1 fully saturated rings. The van der Waals surface area contributed by atoms with Gasteiger partial charge in [0.1, 0.15) is 5.75 Å². The summed E-state index contributed by atoms with van der Waals surface area (Å²) in [4.78, 5) is 14.7. The van der Waals surface area contributed by atoms with Crippen molar-refractivity contribution in [2.45, 2.75) is 19.5 Å². The van der Waals surface area contributed by atoms with E-state index >= 15 is 0 Å². The predicted octanol–water partition coefficient (Wildman–Crippen LogP) is 2.39. The number of nitrogens with zero attached hydrogens (tertiary/aromatic N) is 1. The van der Waals surface area contributed by atoms with Crippen LogP contribution in [0, 0.1) is 0 Å². The Morgan fingerprint density at radius 2 is 1.77 bits per heavy atom. The van der Waals surface area contributed by atoms with Crippen molar-refractivity contribution < 1.29 is 14.3 Å². The number of carbonyl (C=O) groups excluding carboxylic acids is 1. The van der Waals surface area contributed by atoms with Gasteiger partial charge in [-0.1, -0.05) is 36.4 Å². The Labute approximate surface area is 154 Å². The average Bonchev–Trinajstić information content (AvgIpc) is 2.69. The van der Waals surface area contributed by atoms with Crippen LogP contribution >= 0.6 is 0 Å². The Balaban J connectivity index is 1.54. The van der Waals surface area contributed by atoms with E-state index in [1.165, 1.54) is 11.1 Å². The number of benzene rings is 2. The highest BCUT2D eigenvalue weighted by molar-refractivity contribution is 5.78. The van der Waals surface area contributed by atoms with Crippen LogP contribution in [-0.2, 0) is 29.0 Å². The summed E-state index contributed by atoms with van der Waals surface area (Å²) in [6, 6.07) is 15.9. The van der Waals surface area contributed by atoms with Crippen molar-refractivity contribution in [3.05, 3.63) is 65.2 Å². The lowest BCUT2D eigenvalue weighted by Crippen LogP contribution is -2.36. The SMILES string of the molecule is COc1ccc(CC(=O)NCc2ccccc2CN2CCOCC2)cc1. The third-order valence-electron chi connectivity index (χ3n) is 4.62. The molecule has 1 N–H and O–H groups in total. The van der Waals surface area contributed by atoms with Gasteiger partial charge in [0.05, 0.1) is 26.7 Å². The first kappa shape index (κ1) is 18.4. The third kappa shape index (κ3) is 5.31. The molecule has 0 aromatic heterocycles. The van der Waals surface area contributed by atoms with E-state index in [9.17, 15) is 4.79 Å². The first-order chi connectivity index (χ1) is 12.7. The van der Waals surface area contributed by atoms with Gasteiger partial charge in [0.15, 0.2) is 0 Å². The topological polar surface area (TPSA) is 50.8 Å². The quantitative estimate of drug-likeness (QED) is 0.829. The molecule has 5 heteroatoms. The molecule has 0 atom stereocenters. The van der Waals surface area contributed by atoms with E-state index in [0.717, 1.165) is 44.2 Å². The zero-order valence-electron chi connectivity index (χ0n) is 15.2. The molecule has 0 unspecified atom stereocenters. The van der Waals surface area contributed by atoms with Gasteiger partial charge in [0, 0.05) is 26.2 Å². The van der Waals surface area contributed by atoms with Crippen LogP contribution in [-0.4, -0.2) is 44.2 Å². The second-order valence-corrected chi connectivity index (χ2v) is 6.46. The molecule has 0 radical (unpaired) electrons. The Kier molecular flexibility index (Phi) is 6.63. The number of hydrogen-bond acceptors (Lipinski definition) is 4. The van der Waals surface area contributed by atoms with E-state index in [1.54, 1.807) is 7.11 Å². The molecule has 1 aliphatic rings. The average molecular weight is 354 g/mol. The molecule has 3 rings (SSSR count). The zero-order chi connectivity index (χ0) is 18.2. The Bertz CT molecular complexity index is 709. The second kappa shape index (κ2) is 9.36. The maximum Gasteiger partial charge on any atom is 0.224 e. The van der Waals surface area contributed by atoms with Gasteiger partial charge in [-0.15, -0.1) is 0 Å². The van der Waals surface area contributed by atoms with Crippen LogP contribution in [0.25, 0.3) is 0 Å². The number of morpholine rings is 1. The van der Waals surface area contributed by atoms with Crippen LogP contribution in [0.5, 0.6) is 5.75 Å². The minimum Gasteiger partial charge on any atom is -0.497 e. The fraction of sp³-hybridized carbons (Fsp3) is 0.381. The molecule has 1 saturated heterocycles. The molecule has 26 heavy (non-hydrogen) atoms. The van der Waals surface area contributed by atoms with Crippen LogP contribution in [0.2, 0.25) is 0 Å². The minimum absolute atomic E-state index is 0.0244. The summed E-state index contributed by atoms with van der Waals surface area (Å²) in [5, 5.41) is 3.04. The summed E-state index contributed by atoms with van der Waals surface area (Å²) < 4.78 is 10.6. The van der Waals surface area contributed by atoms with Crippen molar-refractivity contribution in [3.8, 4) is 5.75 Å². The molecule has 0 aliphatic carbocycles. The first-order valence-corrected chi connectivity index (χ1v) is 9.01. The maximum atomic E-state index is 12.3. The molecule has 0 spiro atoms. The summed E-state index contributed by atoms with van der Waals surface area (Å²) in [7, 11) is 1.63. The lowest BCUT2D eigenvalue weighted by molar-refractivity contribution is -0.120. The van der Waals surface area contributed by atoms with Gasteiger partial charge in [0.25, 0.3) is 0 Å². The normalized spacial score (nSPS) is 14.8. The fourth-order valence-corrected chi connectivity index (χ4v) is 3.07. The minimum atomic E-state index is 0.0244. The number of hydrogen-bond donors (Lipinski definition) is 1. The van der Waals surface area contributed by atoms with Crippen molar-refractivity contribution in [2.75, 3.05) is 33.4 Å². The monoisotopic (exact) mass is 354 g/mol. The fourth-order valence-electron chi connectivity index (χ4n) is 3.07. The number of methoxy groups -OCH3 is 1. The van der Waals surface area contributed by atoms with Gasteiger partial charge in [-0.05, 0) is 28.8 Å². The highest BCUT2D eigenvalue weighted by Crippen LogP contribution is 2.14. The van der Waals surface area contributed by atoms with E-state index in [2.05, 4.69) is 28.4 Å². The van der Waals surface area contributed by atoms with E-state index in [-0.39, 0.29) is 5.91 Å². The lowest BCUT2D eigenvalue weighted by Gasteiger charge is -2.27. The molecule has 1 amide bonds. The molecule has 5 nitrogen and oxygen atoms in total. The number of rotatable bonds is 7.